The van der Waals surface area contributed by atoms with Gasteiger partial charge in [0.15, 0.2) is 0 Å². The number of halogens is 3. The molecular weight excluding hydrogens is 292 g/mol. The topological polar surface area (TPSA) is 29.1 Å². The number of carbonyl (C=O) groups is 1. The highest BCUT2D eigenvalue weighted by Crippen LogP contribution is 2.21. The van der Waals surface area contributed by atoms with E-state index in [9.17, 15) is 13.6 Å². The van der Waals surface area contributed by atoms with E-state index in [1.807, 2.05) is 0 Å². The molecule has 1 N–H and O–H groups in total. The molecule has 94 valence electrons. The van der Waals surface area contributed by atoms with E-state index in [1.165, 1.54) is 12.1 Å². The van der Waals surface area contributed by atoms with Gasteiger partial charge in [-0.3, -0.25) is 4.79 Å². The highest BCUT2D eigenvalue weighted by Gasteiger charge is 2.25. The summed E-state index contributed by atoms with van der Waals surface area (Å²) >= 11 is 3.21. The Kier molecular flexibility index (Phi) is 4.25. The Hall–Kier alpha value is -0.970. The smallest absolute Gasteiger partial charge is 0.236 e. The lowest BCUT2D eigenvalue weighted by atomic mass is 10.1. The molecule has 1 aromatic carbocycles. The third-order valence-corrected chi connectivity index (χ3v) is 2.68. The Morgan fingerprint density at radius 2 is 2.00 bits per heavy atom. The molecule has 0 bridgehead atoms. The van der Waals surface area contributed by atoms with Gasteiger partial charge in [-0.2, -0.15) is 0 Å². The van der Waals surface area contributed by atoms with Crippen molar-refractivity contribution in [2.24, 2.45) is 0 Å². The fraction of sp³-hybridized carbons (Fsp3) is 0.417. The molecule has 0 saturated carbocycles. The number of amides is 1. The SMILES string of the molecule is CC(NC(=O)C(C)(C)Br)c1ccc(F)cc1F. The predicted octanol–water partition coefficient (Wildman–Crippen LogP) is 3.32. The number of carbonyl (C=O) groups excluding carboxylic acids is 1. The zero-order valence-electron chi connectivity index (χ0n) is 9.85. The molecule has 1 amide bonds. The van der Waals surface area contributed by atoms with E-state index in [2.05, 4.69) is 21.2 Å². The van der Waals surface area contributed by atoms with Crippen LogP contribution in [0.25, 0.3) is 0 Å². The minimum atomic E-state index is -0.724. The predicted molar refractivity (Wildman–Crippen MR) is 65.9 cm³/mol. The Bertz CT molecular complexity index is 429. The zero-order chi connectivity index (χ0) is 13.2. The lowest BCUT2D eigenvalue weighted by molar-refractivity contribution is -0.123. The molecule has 17 heavy (non-hydrogen) atoms. The van der Waals surface area contributed by atoms with Gasteiger partial charge in [-0.1, -0.05) is 22.0 Å². The maximum Gasteiger partial charge on any atom is 0.236 e. The summed E-state index contributed by atoms with van der Waals surface area (Å²) < 4.78 is 25.4. The van der Waals surface area contributed by atoms with Gasteiger partial charge in [-0.25, -0.2) is 8.78 Å². The largest absolute Gasteiger partial charge is 0.348 e. The van der Waals surface area contributed by atoms with Crippen LogP contribution in [0, 0.1) is 11.6 Å². The summed E-state index contributed by atoms with van der Waals surface area (Å²) in [7, 11) is 0. The number of hydrogen-bond donors (Lipinski definition) is 1. The number of rotatable bonds is 3. The van der Waals surface area contributed by atoms with E-state index in [0.29, 0.717) is 0 Å². The van der Waals surface area contributed by atoms with Crippen LogP contribution in [0.3, 0.4) is 0 Å². The summed E-state index contributed by atoms with van der Waals surface area (Å²) in [6.45, 7) is 5.03. The molecule has 0 aliphatic heterocycles. The highest BCUT2D eigenvalue weighted by atomic mass is 79.9. The standard InChI is InChI=1S/C12H14BrF2NO/c1-7(16-11(17)12(2,3)13)9-5-4-8(14)6-10(9)15/h4-7H,1-3H3,(H,16,17). The quantitative estimate of drug-likeness (QED) is 0.853. The molecule has 0 fully saturated rings. The second-order valence-electron chi connectivity index (χ2n) is 4.33. The first kappa shape index (κ1) is 14.1. The molecule has 0 heterocycles. The zero-order valence-corrected chi connectivity index (χ0v) is 11.4. The van der Waals surface area contributed by atoms with Crippen molar-refractivity contribution in [3.05, 3.63) is 35.4 Å². The Morgan fingerprint density at radius 3 is 2.47 bits per heavy atom. The molecule has 1 aromatic rings. The minimum absolute atomic E-state index is 0.256. The molecule has 5 heteroatoms. The summed E-state index contributed by atoms with van der Waals surface area (Å²) in [6.07, 6.45) is 0. The van der Waals surface area contributed by atoms with Crippen molar-refractivity contribution < 1.29 is 13.6 Å². The van der Waals surface area contributed by atoms with Gasteiger partial charge in [0, 0.05) is 11.6 Å². The van der Waals surface area contributed by atoms with Crippen LogP contribution in [0.4, 0.5) is 8.78 Å². The number of benzene rings is 1. The van der Waals surface area contributed by atoms with Gasteiger partial charge in [-0.05, 0) is 26.8 Å². The molecule has 0 radical (unpaired) electrons. The molecule has 1 atom stereocenters. The van der Waals surface area contributed by atoms with Crippen molar-refractivity contribution in [2.75, 3.05) is 0 Å². The molecule has 0 aliphatic carbocycles. The van der Waals surface area contributed by atoms with Crippen molar-refractivity contribution in [3.8, 4) is 0 Å². The number of hydrogen-bond acceptors (Lipinski definition) is 1. The van der Waals surface area contributed by atoms with Crippen LogP contribution in [0.15, 0.2) is 18.2 Å². The third-order valence-electron chi connectivity index (χ3n) is 2.32. The van der Waals surface area contributed by atoms with Gasteiger partial charge in [0.1, 0.15) is 11.6 Å². The summed E-state index contributed by atoms with van der Waals surface area (Å²) in [6, 6.07) is 2.79. The Morgan fingerprint density at radius 1 is 1.41 bits per heavy atom. The van der Waals surface area contributed by atoms with Crippen LogP contribution in [0.5, 0.6) is 0 Å². The van der Waals surface area contributed by atoms with Crippen LogP contribution < -0.4 is 5.32 Å². The molecule has 0 aliphatic rings. The summed E-state index contributed by atoms with van der Waals surface area (Å²) in [5.41, 5.74) is 0.261. The van der Waals surface area contributed by atoms with Crippen LogP contribution >= 0.6 is 15.9 Å². The van der Waals surface area contributed by atoms with E-state index in [-0.39, 0.29) is 11.5 Å². The molecule has 0 spiro atoms. The average molecular weight is 306 g/mol. The van der Waals surface area contributed by atoms with Crippen molar-refractivity contribution in [3.63, 3.8) is 0 Å². The summed E-state index contributed by atoms with van der Waals surface area (Å²) in [5.74, 6) is -1.55. The lowest BCUT2D eigenvalue weighted by Crippen LogP contribution is -2.39. The fourth-order valence-corrected chi connectivity index (χ4v) is 1.41. The van der Waals surface area contributed by atoms with Gasteiger partial charge in [-0.15, -0.1) is 0 Å². The van der Waals surface area contributed by atoms with E-state index in [1.54, 1.807) is 20.8 Å². The van der Waals surface area contributed by atoms with E-state index < -0.39 is 22.0 Å². The maximum atomic E-state index is 13.4. The van der Waals surface area contributed by atoms with Gasteiger partial charge in [0.2, 0.25) is 5.91 Å². The third kappa shape index (κ3) is 3.77. The fourth-order valence-electron chi connectivity index (χ4n) is 1.30. The van der Waals surface area contributed by atoms with Crippen molar-refractivity contribution in [2.45, 2.75) is 31.1 Å². The molecule has 1 rings (SSSR count). The monoisotopic (exact) mass is 305 g/mol. The average Bonchev–Trinajstić information content (AvgIpc) is 2.15. The second kappa shape index (κ2) is 5.12. The minimum Gasteiger partial charge on any atom is -0.348 e. The molecule has 1 unspecified atom stereocenters. The number of alkyl halides is 1. The van der Waals surface area contributed by atoms with E-state index >= 15 is 0 Å². The summed E-state index contributed by atoms with van der Waals surface area (Å²) in [4.78, 5) is 11.7. The maximum absolute atomic E-state index is 13.4. The Balaban J connectivity index is 2.84. The lowest BCUT2D eigenvalue weighted by Gasteiger charge is -2.21. The van der Waals surface area contributed by atoms with Crippen molar-refractivity contribution >= 4 is 21.8 Å². The van der Waals surface area contributed by atoms with Crippen LogP contribution in [-0.4, -0.2) is 10.2 Å². The van der Waals surface area contributed by atoms with Gasteiger partial charge in [0.25, 0.3) is 0 Å². The molecule has 0 saturated heterocycles. The molecular formula is C12H14BrF2NO. The van der Waals surface area contributed by atoms with Crippen LogP contribution in [0.1, 0.15) is 32.4 Å². The van der Waals surface area contributed by atoms with Crippen LogP contribution in [-0.2, 0) is 4.79 Å². The van der Waals surface area contributed by atoms with Gasteiger partial charge >= 0.3 is 0 Å². The van der Waals surface area contributed by atoms with Gasteiger partial charge in [0.05, 0.1) is 10.4 Å². The Labute approximate surface area is 108 Å². The van der Waals surface area contributed by atoms with E-state index in [0.717, 1.165) is 6.07 Å². The van der Waals surface area contributed by atoms with E-state index in [4.69, 9.17) is 0 Å². The van der Waals surface area contributed by atoms with Crippen molar-refractivity contribution in [1.82, 2.24) is 5.32 Å². The van der Waals surface area contributed by atoms with Crippen molar-refractivity contribution in [1.29, 1.82) is 0 Å². The molecule has 2 nitrogen and oxygen atoms in total. The highest BCUT2D eigenvalue weighted by molar-refractivity contribution is 9.10. The summed E-state index contributed by atoms with van der Waals surface area (Å²) in [5, 5.41) is 2.65. The first-order chi connectivity index (χ1) is 7.71. The number of nitrogens with one attached hydrogen (secondary N) is 1. The second-order valence-corrected chi connectivity index (χ2v) is 6.32. The normalized spacial score (nSPS) is 13.3. The van der Waals surface area contributed by atoms with Gasteiger partial charge < -0.3 is 5.32 Å². The van der Waals surface area contributed by atoms with Crippen LogP contribution in [0.2, 0.25) is 0 Å². The first-order valence-corrected chi connectivity index (χ1v) is 5.96. The first-order valence-electron chi connectivity index (χ1n) is 5.16. The molecule has 0 aromatic heterocycles.